The predicted molar refractivity (Wildman–Crippen MR) is 128 cm³/mol. The van der Waals surface area contributed by atoms with Gasteiger partial charge in [-0.3, -0.25) is 14.4 Å². The van der Waals surface area contributed by atoms with E-state index >= 15 is 0 Å². The molecule has 0 aliphatic rings. The lowest BCUT2D eigenvalue weighted by atomic mass is 10.0. The fraction of sp³-hybridized carbons (Fsp3) is 0.111. The first-order valence-corrected chi connectivity index (χ1v) is 10.5. The molecule has 7 heteroatoms. The molecule has 0 saturated heterocycles. The molecule has 0 unspecified atom stereocenters. The maximum Gasteiger partial charge on any atom is 0.342 e. The van der Waals surface area contributed by atoms with Crippen molar-refractivity contribution < 1.29 is 23.5 Å². The number of hydrogen-bond acceptors (Lipinski definition) is 6. The highest BCUT2D eigenvalue weighted by molar-refractivity contribution is 6.03. The fourth-order valence-corrected chi connectivity index (χ4v) is 3.56. The molecule has 170 valence electrons. The van der Waals surface area contributed by atoms with Crippen molar-refractivity contribution in [1.82, 2.24) is 0 Å². The summed E-state index contributed by atoms with van der Waals surface area (Å²) in [6.07, 6.45) is 0. The van der Waals surface area contributed by atoms with Gasteiger partial charge in [-0.1, -0.05) is 48.5 Å². The molecule has 1 amide bonds. The summed E-state index contributed by atoms with van der Waals surface area (Å²) < 4.78 is 11.2. The number of ether oxygens (including phenoxy) is 1. The minimum absolute atomic E-state index is 0.0400. The first-order chi connectivity index (χ1) is 16.3. The van der Waals surface area contributed by atoms with Gasteiger partial charge in [0.15, 0.2) is 23.4 Å². The standard InChI is InChI=1S/C27H21NO6/c1-16-24(31)21-12-7-13-22(26(21)34-25(16)18-8-4-3-5-9-18)27(32)33-15-23(30)28-20-11-6-10-19(14-20)17(2)29/h3-14H,15H2,1-2H3,(H,28,30). The van der Waals surface area contributed by atoms with Crippen LogP contribution in [-0.2, 0) is 9.53 Å². The van der Waals surface area contributed by atoms with Gasteiger partial charge in [0, 0.05) is 22.4 Å². The second-order valence-electron chi connectivity index (χ2n) is 7.69. The van der Waals surface area contributed by atoms with E-state index in [9.17, 15) is 19.2 Å². The number of fused-ring (bicyclic) bond motifs is 1. The SMILES string of the molecule is CC(=O)c1cccc(NC(=O)COC(=O)c2cccc3c(=O)c(C)c(-c4ccccc4)oc23)c1. The van der Waals surface area contributed by atoms with E-state index in [2.05, 4.69) is 5.32 Å². The highest BCUT2D eigenvalue weighted by Gasteiger charge is 2.20. The number of anilines is 1. The largest absolute Gasteiger partial charge is 0.455 e. The lowest BCUT2D eigenvalue weighted by molar-refractivity contribution is -0.119. The smallest absolute Gasteiger partial charge is 0.342 e. The van der Waals surface area contributed by atoms with Gasteiger partial charge in [-0.05, 0) is 38.1 Å². The van der Waals surface area contributed by atoms with E-state index < -0.39 is 18.5 Å². The van der Waals surface area contributed by atoms with Crippen molar-refractivity contribution in [2.24, 2.45) is 0 Å². The topological polar surface area (TPSA) is 103 Å². The second-order valence-corrected chi connectivity index (χ2v) is 7.69. The summed E-state index contributed by atoms with van der Waals surface area (Å²) in [5, 5.41) is 2.83. The van der Waals surface area contributed by atoms with E-state index in [1.165, 1.54) is 19.1 Å². The van der Waals surface area contributed by atoms with Crippen molar-refractivity contribution in [3.63, 3.8) is 0 Å². The summed E-state index contributed by atoms with van der Waals surface area (Å²) in [6.45, 7) is 2.54. The van der Waals surface area contributed by atoms with Crippen molar-refractivity contribution in [1.29, 1.82) is 0 Å². The van der Waals surface area contributed by atoms with Crippen molar-refractivity contribution in [2.45, 2.75) is 13.8 Å². The second kappa shape index (κ2) is 9.54. The number of Topliss-reactive ketones (excluding diaryl/α,β-unsaturated/α-hetero) is 1. The Morgan fingerprint density at radius 2 is 1.68 bits per heavy atom. The average Bonchev–Trinajstić information content (AvgIpc) is 2.85. The molecule has 0 fully saturated rings. The molecule has 3 aromatic carbocycles. The highest BCUT2D eigenvalue weighted by atomic mass is 16.5. The van der Waals surface area contributed by atoms with Crippen LogP contribution < -0.4 is 10.7 Å². The van der Waals surface area contributed by atoms with Crippen LogP contribution in [0.4, 0.5) is 5.69 Å². The van der Waals surface area contributed by atoms with Crippen LogP contribution in [0, 0.1) is 6.92 Å². The summed E-state index contributed by atoms with van der Waals surface area (Å²) in [6, 6.07) is 20.2. The van der Waals surface area contributed by atoms with Crippen LogP contribution in [0.25, 0.3) is 22.3 Å². The molecule has 0 aliphatic carbocycles. The zero-order valence-corrected chi connectivity index (χ0v) is 18.6. The fourth-order valence-electron chi connectivity index (χ4n) is 3.56. The number of ketones is 1. The predicted octanol–water partition coefficient (Wildman–Crippen LogP) is 4.77. The number of carbonyl (C=O) groups is 3. The first kappa shape index (κ1) is 22.7. The third-order valence-electron chi connectivity index (χ3n) is 5.29. The molecule has 0 spiro atoms. The van der Waals surface area contributed by atoms with E-state index in [-0.39, 0.29) is 27.7 Å². The Hall–Kier alpha value is -4.52. The first-order valence-electron chi connectivity index (χ1n) is 10.5. The molecule has 34 heavy (non-hydrogen) atoms. The van der Waals surface area contributed by atoms with Crippen LogP contribution in [0.15, 0.2) is 82.0 Å². The maximum atomic E-state index is 12.9. The molecule has 4 aromatic rings. The molecule has 1 aromatic heterocycles. The van der Waals surface area contributed by atoms with E-state index in [1.807, 2.05) is 30.3 Å². The number of para-hydroxylation sites is 1. The lowest BCUT2D eigenvalue weighted by Crippen LogP contribution is -2.21. The van der Waals surface area contributed by atoms with Gasteiger partial charge < -0.3 is 14.5 Å². The van der Waals surface area contributed by atoms with Crippen molar-refractivity contribution in [3.8, 4) is 11.3 Å². The molecule has 0 atom stereocenters. The van der Waals surface area contributed by atoms with E-state index in [0.717, 1.165) is 0 Å². The Bertz CT molecular complexity index is 1470. The summed E-state index contributed by atoms with van der Waals surface area (Å²) in [5.74, 6) is -1.15. The maximum absolute atomic E-state index is 12.9. The van der Waals surface area contributed by atoms with Crippen LogP contribution in [0.3, 0.4) is 0 Å². The van der Waals surface area contributed by atoms with Crippen LogP contribution in [0.2, 0.25) is 0 Å². The van der Waals surface area contributed by atoms with Crippen LogP contribution >= 0.6 is 0 Å². The normalized spacial score (nSPS) is 10.6. The number of nitrogens with one attached hydrogen (secondary N) is 1. The van der Waals surface area contributed by atoms with E-state index in [4.69, 9.17) is 9.15 Å². The van der Waals surface area contributed by atoms with Gasteiger partial charge in [0.2, 0.25) is 0 Å². The Kier molecular flexibility index (Phi) is 6.36. The van der Waals surface area contributed by atoms with Crippen molar-refractivity contribution in [2.75, 3.05) is 11.9 Å². The number of carbonyl (C=O) groups excluding carboxylic acids is 3. The molecular weight excluding hydrogens is 434 g/mol. The summed E-state index contributed by atoms with van der Waals surface area (Å²) in [4.78, 5) is 49.5. The van der Waals surface area contributed by atoms with Gasteiger partial charge in [-0.15, -0.1) is 0 Å². The van der Waals surface area contributed by atoms with Crippen LogP contribution in [0.1, 0.15) is 33.2 Å². The molecular formula is C27H21NO6. The van der Waals surface area contributed by atoms with Gasteiger partial charge in [-0.2, -0.15) is 0 Å². The number of benzene rings is 3. The summed E-state index contributed by atoms with van der Waals surface area (Å²) in [7, 11) is 0. The van der Waals surface area contributed by atoms with Gasteiger partial charge in [0.1, 0.15) is 11.3 Å². The average molecular weight is 455 g/mol. The van der Waals surface area contributed by atoms with Crippen LogP contribution in [-0.4, -0.2) is 24.3 Å². The minimum atomic E-state index is -0.802. The highest BCUT2D eigenvalue weighted by Crippen LogP contribution is 2.27. The molecule has 0 aliphatic heterocycles. The number of hydrogen-bond donors (Lipinski definition) is 1. The molecule has 0 radical (unpaired) electrons. The van der Waals surface area contributed by atoms with Gasteiger partial charge in [0.25, 0.3) is 5.91 Å². The van der Waals surface area contributed by atoms with Gasteiger partial charge in [-0.25, -0.2) is 4.79 Å². The molecule has 1 heterocycles. The zero-order valence-electron chi connectivity index (χ0n) is 18.6. The minimum Gasteiger partial charge on any atom is -0.455 e. The monoisotopic (exact) mass is 455 g/mol. The third kappa shape index (κ3) is 4.63. The van der Waals surface area contributed by atoms with Crippen molar-refractivity contribution in [3.05, 3.63) is 99.7 Å². The van der Waals surface area contributed by atoms with Gasteiger partial charge >= 0.3 is 5.97 Å². The summed E-state index contributed by atoms with van der Waals surface area (Å²) in [5.41, 5.74) is 1.87. The lowest BCUT2D eigenvalue weighted by Gasteiger charge is -2.11. The number of amides is 1. The quantitative estimate of drug-likeness (QED) is 0.332. The molecule has 0 saturated carbocycles. The van der Waals surface area contributed by atoms with Gasteiger partial charge in [0.05, 0.1) is 5.39 Å². The van der Waals surface area contributed by atoms with Crippen LogP contribution in [0.5, 0.6) is 0 Å². The third-order valence-corrected chi connectivity index (χ3v) is 5.29. The Morgan fingerprint density at radius 3 is 2.41 bits per heavy atom. The zero-order chi connectivity index (χ0) is 24.2. The van der Waals surface area contributed by atoms with E-state index in [1.54, 1.807) is 37.3 Å². The number of rotatable bonds is 6. The Labute approximate surface area is 195 Å². The Balaban J connectivity index is 1.57. The number of esters is 1. The van der Waals surface area contributed by atoms with Crippen molar-refractivity contribution >= 4 is 34.3 Å². The molecule has 1 N–H and O–H groups in total. The van der Waals surface area contributed by atoms with E-state index in [0.29, 0.717) is 28.1 Å². The molecule has 0 bridgehead atoms. The molecule has 7 nitrogen and oxygen atoms in total. The summed E-state index contributed by atoms with van der Waals surface area (Å²) >= 11 is 0. The molecule has 4 rings (SSSR count). The Morgan fingerprint density at radius 1 is 0.941 bits per heavy atom.